The molecule has 1 rings (SSSR count). The molecule has 0 bridgehead atoms. The highest BCUT2D eigenvalue weighted by molar-refractivity contribution is 5.30. The van der Waals surface area contributed by atoms with Crippen molar-refractivity contribution < 1.29 is 13.9 Å². The predicted molar refractivity (Wildman–Crippen MR) is 45.8 cm³/mol. The highest BCUT2D eigenvalue weighted by Gasteiger charge is 2.16. The first-order chi connectivity index (χ1) is 6.60. The summed E-state index contributed by atoms with van der Waals surface area (Å²) in [5.74, 6) is 0. The van der Waals surface area contributed by atoms with Gasteiger partial charge in [-0.15, -0.1) is 0 Å². The Morgan fingerprint density at radius 2 is 2.21 bits per heavy atom. The lowest BCUT2D eigenvalue weighted by atomic mass is 10.1. The van der Waals surface area contributed by atoms with Crippen LogP contribution in [0.25, 0.3) is 0 Å². The fourth-order valence-corrected chi connectivity index (χ4v) is 1.23. The summed E-state index contributed by atoms with van der Waals surface area (Å²) in [6.45, 7) is -0.623. The number of halogens is 2. The maximum absolute atomic E-state index is 12.4. The molecule has 4 N–H and O–H groups in total. The summed E-state index contributed by atoms with van der Waals surface area (Å²) in [4.78, 5) is 12.9. The second-order valence-corrected chi connectivity index (χ2v) is 2.71. The summed E-state index contributed by atoms with van der Waals surface area (Å²) in [5, 5.41) is 8.83. The van der Waals surface area contributed by atoms with Gasteiger partial charge in [-0.25, -0.2) is 8.78 Å². The number of aromatic amines is 1. The number of H-pyrrole nitrogens is 1. The van der Waals surface area contributed by atoms with Gasteiger partial charge in [0.05, 0.1) is 12.3 Å². The molecule has 0 fully saturated rings. The van der Waals surface area contributed by atoms with Gasteiger partial charge in [0, 0.05) is 12.6 Å². The van der Waals surface area contributed by atoms with E-state index in [1.54, 1.807) is 0 Å². The molecule has 0 spiro atoms. The SMILES string of the molecule is NCc1c(CO)cc(=O)[nH]c1C(F)F. The largest absolute Gasteiger partial charge is 0.392 e. The molecule has 1 heterocycles. The van der Waals surface area contributed by atoms with Crippen LogP contribution in [0.2, 0.25) is 0 Å². The summed E-state index contributed by atoms with van der Waals surface area (Å²) in [7, 11) is 0. The molecule has 1 aromatic heterocycles. The Morgan fingerprint density at radius 1 is 1.57 bits per heavy atom. The Hall–Kier alpha value is -1.27. The van der Waals surface area contributed by atoms with Crippen LogP contribution >= 0.6 is 0 Å². The highest BCUT2D eigenvalue weighted by atomic mass is 19.3. The summed E-state index contributed by atoms with van der Waals surface area (Å²) in [6, 6.07) is 1.06. The minimum Gasteiger partial charge on any atom is -0.392 e. The van der Waals surface area contributed by atoms with Crippen molar-refractivity contribution in [3.63, 3.8) is 0 Å². The zero-order valence-corrected chi connectivity index (χ0v) is 7.26. The molecule has 0 saturated carbocycles. The Balaban J connectivity index is 3.39. The molecule has 6 heteroatoms. The van der Waals surface area contributed by atoms with Crippen LogP contribution in [0.15, 0.2) is 10.9 Å². The van der Waals surface area contributed by atoms with E-state index >= 15 is 0 Å². The fraction of sp³-hybridized carbons (Fsp3) is 0.375. The van der Waals surface area contributed by atoms with Crippen molar-refractivity contribution in [2.45, 2.75) is 19.6 Å². The smallest absolute Gasteiger partial charge is 0.278 e. The number of pyridine rings is 1. The van der Waals surface area contributed by atoms with Gasteiger partial charge >= 0.3 is 0 Å². The maximum atomic E-state index is 12.4. The Bertz CT molecular complexity index is 376. The number of aromatic nitrogens is 1. The first-order valence-corrected chi connectivity index (χ1v) is 3.94. The molecule has 78 valence electrons. The van der Waals surface area contributed by atoms with Crippen LogP contribution in [0.3, 0.4) is 0 Å². The molecule has 0 amide bonds. The number of nitrogens with two attached hydrogens (primary N) is 1. The molecule has 0 atom stereocenters. The standard InChI is InChI=1S/C8H10F2N2O2/c9-8(10)7-5(2-11)4(3-13)1-6(14)12-7/h1,8,13H,2-3,11H2,(H,12,14). The van der Waals surface area contributed by atoms with Crippen molar-refractivity contribution in [3.8, 4) is 0 Å². The van der Waals surface area contributed by atoms with Gasteiger partial charge in [-0.3, -0.25) is 4.79 Å². The van der Waals surface area contributed by atoms with Gasteiger partial charge in [0.1, 0.15) is 0 Å². The number of alkyl halides is 2. The van der Waals surface area contributed by atoms with Gasteiger partial charge in [0.15, 0.2) is 0 Å². The van der Waals surface area contributed by atoms with Crippen LogP contribution in [0.5, 0.6) is 0 Å². The van der Waals surface area contributed by atoms with E-state index in [1.165, 1.54) is 0 Å². The minimum atomic E-state index is -2.80. The van der Waals surface area contributed by atoms with E-state index in [1.807, 2.05) is 4.98 Å². The first-order valence-electron chi connectivity index (χ1n) is 3.94. The van der Waals surface area contributed by atoms with Gasteiger partial charge in [0.25, 0.3) is 6.43 Å². The van der Waals surface area contributed by atoms with E-state index in [4.69, 9.17) is 10.8 Å². The lowest BCUT2D eigenvalue weighted by molar-refractivity contribution is 0.144. The van der Waals surface area contributed by atoms with Gasteiger partial charge in [-0.1, -0.05) is 0 Å². The van der Waals surface area contributed by atoms with Crippen molar-refractivity contribution in [2.75, 3.05) is 0 Å². The van der Waals surface area contributed by atoms with Gasteiger partial charge in [-0.2, -0.15) is 0 Å². The van der Waals surface area contributed by atoms with Crippen LogP contribution in [0, 0.1) is 0 Å². The first kappa shape index (κ1) is 10.8. The Morgan fingerprint density at radius 3 is 2.64 bits per heavy atom. The van der Waals surface area contributed by atoms with E-state index < -0.39 is 24.3 Å². The second kappa shape index (κ2) is 4.30. The molecular formula is C8H10F2N2O2. The van der Waals surface area contributed by atoms with Gasteiger partial charge in [-0.05, 0) is 11.1 Å². The maximum Gasteiger partial charge on any atom is 0.278 e. The third-order valence-electron chi connectivity index (χ3n) is 1.87. The molecule has 0 aliphatic carbocycles. The quantitative estimate of drug-likeness (QED) is 0.660. The van der Waals surface area contributed by atoms with Crippen LogP contribution < -0.4 is 11.3 Å². The van der Waals surface area contributed by atoms with Crippen LogP contribution in [0.4, 0.5) is 8.78 Å². The average molecular weight is 204 g/mol. The summed E-state index contributed by atoms with van der Waals surface area (Å²) in [5.41, 5.74) is 4.32. The Labute approximate surface area is 78.4 Å². The van der Waals surface area contributed by atoms with Crippen molar-refractivity contribution in [2.24, 2.45) is 5.73 Å². The molecular weight excluding hydrogens is 194 g/mol. The van der Waals surface area contributed by atoms with Gasteiger partial charge in [0.2, 0.25) is 5.56 Å². The number of aliphatic hydroxyl groups excluding tert-OH is 1. The number of hydrogen-bond acceptors (Lipinski definition) is 3. The lowest BCUT2D eigenvalue weighted by Crippen LogP contribution is -2.16. The molecule has 14 heavy (non-hydrogen) atoms. The molecule has 1 aromatic rings. The van der Waals surface area contributed by atoms with Crippen LogP contribution in [-0.2, 0) is 13.2 Å². The predicted octanol–water partition coefficient (Wildman–Crippen LogP) is 0.264. The summed E-state index contributed by atoms with van der Waals surface area (Å²) >= 11 is 0. The normalized spacial score (nSPS) is 10.9. The van der Waals surface area contributed by atoms with E-state index in [-0.39, 0.29) is 17.7 Å². The number of hydrogen-bond donors (Lipinski definition) is 3. The number of nitrogens with one attached hydrogen (secondary N) is 1. The highest BCUT2D eigenvalue weighted by Crippen LogP contribution is 2.21. The molecule has 0 aromatic carbocycles. The van der Waals surface area contributed by atoms with Crippen molar-refractivity contribution in [1.82, 2.24) is 4.98 Å². The zero-order chi connectivity index (χ0) is 10.7. The monoisotopic (exact) mass is 204 g/mol. The van der Waals surface area contributed by atoms with Crippen molar-refractivity contribution >= 4 is 0 Å². The minimum absolute atomic E-state index is 0.0992. The lowest BCUT2D eigenvalue weighted by Gasteiger charge is -2.10. The molecule has 0 saturated heterocycles. The average Bonchev–Trinajstić information content (AvgIpc) is 2.16. The van der Waals surface area contributed by atoms with Gasteiger partial charge < -0.3 is 15.8 Å². The topological polar surface area (TPSA) is 79.1 Å². The van der Waals surface area contributed by atoms with E-state index in [0.29, 0.717) is 0 Å². The van der Waals surface area contributed by atoms with Crippen molar-refractivity contribution in [1.29, 1.82) is 0 Å². The number of rotatable bonds is 3. The molecule has 0 aliphatic heterocycles. The van der Waals surface area contributed by atoms with Crippen LogP contribution in [-0.4, -0.2) is 10.1 Å². The second-order valence-electron chi connectivity index (χ2n) is 2.71. The summed E-state index contributed by atoms with van der Waals surface area (Å²) in [6.07, 6.45) is -2.80. The molecule has 0 unspecified atom stereocenters. The number of aliphatic hydroxyl groups is 1. The van der Waals surface area contributed by atoms with E-state index in [2.05, 4.69) is 0 Å². The zero-order valence-electron chi connectivity index (χ0n) is 7.26. The Kier molecular flexibility index (Phi) is 3.32. The van der Waals surface area contributed by atoms with Crippen molar-refractivity contribution in [3.05, 3.63) is 33.2 Å². The van der Waals surface area contributed by atoms with E-state index in [0.717, 1.165) is 6.07 Å². The molecule has 0 aliphatic rings. The molecule has 4 nitrogen and oxygen atoms in total. The van der Waals surface area contributed by atoms with Crippen LogP contribution in [0.1, 0.15) is 23.2 Å². The summed E-state index contributed by atoms with van der Waals surface area (Å²) < 4.78 is 24.8. The molecule has 0 radical (unpaired) electrons. The third-order valence-corrected chi connectivity index (χ3v) is 1.87. The fourth-order valence-electron chi connectivity index (χ4n) is 1.23. The van der Waals surface area contributed by atoms with E-state index in [9.17, 15) is 13.6 Å². The third kappa shape index (κ3) is 1.97.